The molecule has 0 spiro atoms. The number of nitrogens with one attached hydrogen (secondary N) is 1. The molecular formula is C29H37FN8O2. The van der Waals surface area contributed by atoms with Crippen molar-refractivity contribution in [2.24, 2.45) is 0 Å². The summed E-state index contributed by atoms with van der Waals surface area (Å²) in [6.07, 6.45) is 4.95. The maximum absolute atomic E-state index is 13.5. The number of benzene rings is 1. The second-order valence-electron chi connectivity index (χ2n) is 11.2. The average molecular weight is 549 g/mol. The Hall–Kier alpha value is -3.73. The number of hydrogen-bond acceptors (Lipinski definition) is 8. The van der Waals surface area contributed by atoms with Gasteiger partial charge in [0.15, 0.2) is 5.83 Å². The maximum Gasteiger partial charge on any atom is 0.318 e. The van der Waals surface area contributed by atoms with E-state index >= 15 is 0 Å². The topological polar surface area (TPSA) is 93.7 Å². The van der Waals surface area contributed by atoms with Crippen molar-refractivity contribution in [3.05, 3.63) is 47.1 Å². The van der Waals surface area contributed by atoms with Gasteiger partial charge in [-0.05, 0) is 63.9 Å². The number of H-pyrrole nitrogens is 1. The number of anilines is 2. The molecule has 3 aliphatic rings. The Bertz CT molecular complexity index is 1450. The monoisotopic (exact) mass is 548 g/mol. The van der Waals surface area contributed by atoms with E-state index in [9.17, 15) is 9.18 Å². The molecule has 0 unspecified atom stereocenters. The van der Waals surface area contributed by atoms with Gasteiger partial charge in [-0.25, -0.2) is 4.39 Å². The highest BCUT2D eigenvalue weighted by Gasteiger charge is 2.31. The third-order valence-electron chi connectivity index (χ3n) is 8.75. The zero-order valence-electron chi connectivity index (χ0n) is 23.5. The summed E-state index contributed by atoms with van der Waals surface area (Å²) in [5.74, 6) is -0.692. The van der Waals surface area contributed by atoms with Crippen LogP contribution in [0.5, 0.6) is 6.01 Å². The number of aromatic amines is 1. The first kappa shape index (κ1) is 26.5. The minimum absolute atomic E-state index is 0.354. The molecule has 11 heteroatoms. The summed E-state index contributed by atoms with van der Waals surface area (Å²) < 4.78 is 19.7. The molecule has 10 nitrogen and oxygen atoms in total. The Labute approximate surface area is 233 Å². The van der Waals surface area contributed by atoms with Crippen molar-refractivity contribution in [1.29, 1.82) is 0 Å². The first-order valence-electron chi connectivity index (χ1n) is 14.1. The summed E-state index contributed by atoms with van der Waals surface area (Å²) >= 11 is 0. The Morgan fingerprint density at radius 3 is 2.67 bits per heavy atom. The first-order valence-corrected chi connectivity index (χ1v) is 14.1. The molecule has 1 aromatic carbocycles. The lowest BCUT2D eigenvalue weighted by Gasteiger charge is -2.38. The smallest absolute Gasteiger partial charge is 0.318 e. The Morgan fingerprint density at radius 1 is 1.15 bits per heavy atom. The fourth-order valence-corrected chi connectivity index (χ4v) is 6.27. The van der Waals surface area contributed by atoms with E-state index in [1.165, 1.54) is 28.1 Å². The van der Waals surface area contributed by atoms with E-state index in [1.54, 1.807) is 0 Å². The predicted octanol–water partition coefficient (Wildman–Crippen LogP) is 3.14. The van der Waals surface area contributed by atoms with Crippen molar-refractivity contribution in [3.8, 4) is 6.01 Å². The van der Waals surface area contributed by atoms with Crippen molar-refractivity contribution in [2.45, 2.75) is 45.7 Å². The quantitative estimate of drug-likeness (QED) is 0.470. The lowest BCUT2D eigenvalue weighted by molar-refractivity contribution is -0.128. The normalized spacial score (nSPS) is 19.8. The van der Waals surface area contributed by atoms with Crippen LogP contribution in [0.3, 0.4) is 0 Å². The van der Waals surface area contributed by atoms with Crippen LogP contribution in [-0.2, 0) is 17.8 Å². The van der Waals surface area contributed by atoms with Crippen molar-refractivity contribution in [3.63, 3.8) is 0 Å². The van der Waals surface area contributed by atoms with Gasteiger partial charge in [-0.1, -0.05) is 6.58 Å². The van der Waals surface area contributed by atoms with Gasteiger partial charge in [0, 0.05) is 49.7 Å². The van der Waals surface area contributed by atoms with Crippen LogP contribution < -0.4 is 14.5 Å². The molecule has 6 rings (SSSR count). The molecule has 2 fully saturated rings. The van der Waals surface area contributed by atoms with Crippen LogP contribution in [0.15, 0.2) is 24.7 Å². The summed E-state index contributed by atoms with van der Waals surface area (Å²) in [5.41, 5.74) is 6.74. The highest BCUT2D eigenvalue weighted by molar-refractivity contribution is 5.94. The number of halogens is 1. The van der Waals surface area contributed by atoms with Crippen LogP contribution in [0.25, 0.3) is 10.9 Å². The fourth-order valence-electron chi connectivity index (χ4n) is 6.27. The number of piperazine rings is 1. The minimum atomic E-state index is -0.918. The maximum atomic E-state index is 13.5. The van der Waals surface area contributed by atoms with Gasteiger partial charge in [0.25, 0.3) is 5.91 Å². The summed E-state index contributed by atoms with van der Waals surface area (Å²) in [4.78, 5) is 30.4. The molecular weight excluding hydrogens is 511 g/mol. The summed E-state index contributed by atoms with van der Waals surface area (Å²) in [6.45, 7) is 12.5. The number of likely N-dealkylation sites (N-methyl/N-ethyl adjacent to an activating group) is 1. The highest BCUT2D eigenvalue weighted by Crippen LogP contribution is 2.37. The van der Waals surface area contributed by atoms with Gasteiger partial charge in [0.2, 0.25) is 0 Å². The van der Waals surface area contributed by atoms with Gasteiger partial charge in [0.05, 0.1) is 29.6 Å². The molecule has 3 aromatic rings. The number of ether oxygens (including phenoxy) is 1. The number of aromatic nitrogens is 4. The van der Waals surface area contributed by atoms with E-state index in [2.05, 4.69) is 58.4 Å². The number of carbonyl (C=O) groups is 1. The third kappa shape index (κ3) is 4.87. The van der Waals surface area contributed by atoms with Gasteiger partial charge in [0.1, 0.15) is 12.4 Å². The molecule has 5 heterocycles. The van der Waals surface area contributed by atoms with Crippen LogP contribution in [0.2, 0.25) is 0 Å². The standard InChI is InChI=1S/C29H37FN8O2/c1-18-14-24-23(15-31-34-24)26(19(18)2)38-9-7-22-25(16-38)32-29(40-17-21-6-5-8-35(21)4)33-27(22)36-10-12-37(13-11-36)28(39)20(3)30/h14-15,21H,3,5-13,16-17H2,1-2,4H3,(H,31,34)/t21-/m0/s1. The first-order chi connectivity index (χ1) is 19.3. The number of likely N-dealkylation sites (tertiary alicyclic amines) is 1. The minimum Gasteiger partial charge on any atom is -0.462 e. The van der Waals surface area contributed by atoms with Gasteiger partial charge >= 0.3 is 6.01 Å². The summed E-state index contributed by atoms with van der Waals surface area (Å²) in [5, 5.41) is 8.54. The second-order valence-corrected chi connectivity index (χ2v) is 11.2. The molecule has 0 bridgehead atoms. The molecule has 1 amide bonds. The van der Waals surface area contributed by atoms with E-state index in [4.69, 9.17) is 14.7 Å². The van der Waals surface area contributed by atoms with E-state index in [-0.39, 0.29) is 0 Å². The van der Waals surface area contributed by atoms with E-state index < -0.39 is 11.7 Å². The Morgan fingerprint density at radius 2 is 1.95 bits per heavy atom. The van der Waals surface area contributed by atoms with Crippen LogP contribution in [0.1, 0.15) is 35.2 Å². The zero-order valence-corrected chi connectivity index (χ0v) is 23.5. The number of carbonyl (C=O) groups excluding carboxylic acids is 1. The SMILES string of the molecule is C=C(F)C(=O)N1CCN(c2nc(OC[C@@H]3CCCN3C)nc3c2CCN(c2c(C)c(C)cc4[nH]ncc24)C3)CC1. The molecule has 40 heavy (non-hydrogen) atoms. The van der Waals surface area contributed by atoms with Crippen molar-refractivity contribution in [2.75, 3.05) is 62.7 Å². The Balaban J connectivity index is 1.31. The zero-order chi connectivity index (χ0) is 28.0. The molecule has 2 aromatic heterocycles. The number of nitrogens with zero attached hydrogens (tertiary/aromatic N) is 7. The average Bonchev–Trinajstić information content (AvgIpc) is 3.59. The van der Waals surface area contributed by atoms with Crippen LogP contribution in [0.4, 0.5) is 15.9 Å². The van der Waals surface area contributed by atoms with E-state index in [0.29, 0.717) is 51.4 Å². The van der Waals surface area contributed by atoms with Crippen LogP contribution in [0, 0.1) is 13.8 Å². The summed E-state index contributed by atoms with van der Waals surface area (Å²) in [7, 11) is 2.13. The lowest BCUT2D eigenvalue weighted by atomic mass is 9.99. The number of aryl methyl sites for hydroxylation is 1. The molecule has 1 N–H and O–H groups in total. The van der Waals surface area contributed by atoms with E-state index in [1.807, 2.05) is 6.20 Å². The van der Waals surface area contributed by atoms with Gasteiger partial charge < -0.3 is 24.3 Å². The molecule has 2 saturated heterocycles. The van der Waals surface area contributed by atoms with Crippen molar-refractivity contribution in [1.82, 2.24) is 30.0 Å². The molecule has 212 valence electrons. The fraction of sp³-hybridized carbons (Fsp3) is 0.517. The lowest BCUT2D eigenvalue weighted by Crippen LogP contribution is -2.49. The van der Waals surface area contributed by atoms with Crippen LogP contribution in [-0.4, -0.2) is 94.8 Å². The van der Waals surface area contributed by atoms with Crippen LogP contribution >= 0.6 is 0 Å². The predicted molar refractivity (Wildman–Crippen MR) is 153 cm³/mol. The van der Waals surface area contributed by atoms with Crippen molar-refractivity contribution < 1.29 is 13.9 Å². The molecule has 0 radical (unpaired) electrons. The highest BCUT2D eigenvalue weighted by atomic mass is 19.1. The second kappa shape index (κ2) is 10.7. The van der Waals surface area contributed by atoms with E-state index in [0.717, 1.165) is 53.9 Å². The van der Waals surface area contributed by atoms with Crippen molar-refractivity contribution >= 4 is 28.3 Å². The summed E-state index contributed by atoms with van der Waals surface area (Å²) in [6, 6.07) is 2.89. The number of fused-ring (bicyclic) bond motifs is 2. The van der Waals surface area contributed by atoms with Gasteiger partial charge in [-0.2, -0.15) is 15.1 Å². The van der Waals surface area contributed by atoms with Gasteiger partial charge in [-0.15, -0.1) is 0 Å². The molecule has 3 aliphatic heterocycles. The molecule has 0 aliphatic carbocycles. The molecule has 1 atom stereocenters. The number of amides is 1. The third-order valence-corrected chi connectivity index (χ3v) is 8.75. The Kier molecular flexibility index (Phi) is 7.07. The number of hydrogen-bond donors (Lipinski definition) is 1. The molecule has 0 saturated carbocycles. The largest absolute Gasteiger partial charge is 0.462 e. The van der Waals surface area contributed by atoms with Gasteiger partial charge in [-0.3, -0.25) is 9.89 Å². The number of rotatable bonds is 6.